The molecule has 2 aromatic carbocycles. The van der Waals surface area contributed by atoms with Crippen LogP contribution in [-0.2, 0) is 23.8 Å². The van der Waals surface area contributed by atoms with E-state index in [0.717, 1.165) is 35.7 Å². The van der Waals surface area contributed by atoms with Gasteiger partial charge in [0, 0.05) is 47.7 Å². The van der Waals surface area contributed by atoms with Crippen LogP contribution in [0.15, 0.2) is 63.5 Å². The molecule has 0 aromatic heterocycles. The molecule has 1 heterocycles. The van der Waals surface area contributed by atoms with E-state index in [9.17, 15) is 14.4 Å². The van der Waals surface area contributed by atoms with Gasteiger partial charge in [-0.15, -0.1) is 0 Å². The van der Waals surface area contributed by atoms with Gasteiger partial charge >= 0.3 is 5.97 Å². The molecule has 0 bridgehead atoms. The minimum Gasteiger partial charge on any atom is -0.379 e. The number of ketones is 2. The van der Waals surface area contributed by atoms with Crippen molar-refractivity contribution in [3.63, 3.8) is 0 Å². The molecule has 1 fully saturated rings. The predicted molar refractivity (Wildman–Crippen MR) is 153 cm³/mol. The fourth-order valence-electron chi connectivity index (χ4n) is 4.07. The van der Waals surface area contributed by atoms with Crippen LogP contribution in [0, 0.1) is 0 Å². The first-order valence-corrected chi connectivity index (χ1v) is 14.2. The molecule has 0 amide bonds. The highest BCUT2D eigenvalue weighted by atomic mass is 32.2. The molecule has 1 aliphatic heterocycles. The molecule has 0 atom stereocenters. The second kappa shape index (κ2) is 15.8. The molecule has 0 aliphatic carbocycles. The van der Waals surface area contributed by atoms with Gasteiger partial charge in [-0.25, -0.2) is 4.79 Å². The lowest BCUT2D eigenvalue weighted by Crippen LogP contribution is -2.54. The minimum atomic E-state index is -0.703. The van der Waals surface area contributed by atoms with Gasteiger partial charge in [0.05, 0.1) is 25.4 Å². The number of unbranched alkanes of at least 4 members (excludes halogenated alkanes) is 1. The number of rotatable bonds is 15. The van der Waals surface area contributed by atoms with Crippen LogP contribution in [0.4, 0.5) is 0 Å². The number of oxime groups is 1. The van der Waals surface area contributed by atoms with E-state index in [1.807, 2.05) is 57.2 Å². The van der Waals surface area contributed by atoms with Crippen LogP contribution < -0.4 is 0 Å². The van der Waals surface area contributed by atoms with Crippen LogP contribution in [0.25, 0.3) is 0 Å². The lowest BCUT2D eigenvalue weighted by molar-refractivity contribution is -0.147. The van der Waals surface area contributed by atoms with Crippen LogP contribution in [0.3, 0.4) is 0 Å². The number of hydrogen-bond acceptors (Lipinski definition) is 10. The molecule has 9 nitrogen and oxygen atoms in total. The number of benzene rings is 2. The second-order valence-electron chi connectivity index (χ2n) is 9.81. The minimum absolute atomic E-state index is 0.00113. The Labute approximate surface area is 240 Å². The Morgan fingerprint density at radius 1 is 0.950 bits per heavy atom. The van der Waals surface area contributed by atoms with Crippen LogP contribution in [-0.4, -0.2) is 86.9 Å². The van der Waals surface area contributed by atoms with Gasteiger partial charge in [0.1, 0.15) is 6.61 Å². The number of nitrogens with zero attached hydrogens (tertiary/aromatic N) is 2. The number of morpholine rings is 1. The highest BCUT2D eigenvalue weighted by Crippen LogP contribution is 2.29. The van der Waals surface area contributed by atoms with Gasteiger partial charge in [0.2, 0.25) is 5.78 Å². The standard InChI is InChI=1S/C30H38N2O7S/c1-5-6-17-38-20-26(31-39-27(33)21-36-4)28(34)22-7-11-24(12-8-22)40-25-13-9-23(10-14-25)29(35)30(2,3)32-15-18-37-19-16-32/h7-14H,5-6,15-21H2,1-4H3/b31-26+. The maximum Gasteiger partial charge on any atom is 0.360 e. The van der Waals surface area contributed by atoms with Crippen molar-refractivity contribution in [1.82, 2.24) is 4.90 Å². The summed E-state index contributed by atoms with van der Waals surface area (Å²) in [6.45, 7) is 8.85. The normalized spacial score (nSPS) is 14.7. The van der Waals surface area contributed by atoms with E-state index in [4.69, 9.17) is 19.0 Å². The SMILES string of the molecule is CCCCOC/C(=N\OC(=O)COC)C(=O)c1ccc(Sc2ccc(C(=O)C(C)(C)N3CCOCC3)cc2)cc1. The van der Waals surface area contributed by atoms with E-state index in [0.29, 0.717) is 30.9 Å². The Morgan fingerprint density at radius 3 is 2.12 bits per heavy atom. The first-order chi connectivity index (χ1) is 19.3. The van der Waals surface area contributed by atoms with Gasteiger partial charge in [-0.05, 0) is 56.7 Å². The lowest BCUT2D eigenvalue weighted by Gasteiger charge is -2.39. The summed E-state index contributed by atoms with van der Waals surface area (Å²) in [6.07, 6.45) is 1.80. The Hall–Kier alpha value is -2.89. The summed E-state index contributed by atoms with van der Waals surface area (Å²) in [5.41, 5.74) is 0.463. The third kappa shape index (κ3) is 9.07. The van der Waals surface area contributed by atoms with E-state index in [1.54, 1.807) is 12.1 Å². The van der Waals surface area contributed by atoms with Crippen molar-refractivity contribution in [2.45, 2.75) is 48.9 Å². The molecular formula is C30H38N2O7S. The van der Waals surface area contributed by atoms with Gasteiger partial charge in [-0.3, -0.25) is 14.5 Å². The molecule has 0 unspecified atom stereocenters. The zero-order valence-corrected chi connectivity index (χ0v) is 24.5. The van der Waals surface area contributed by atoms with Gasteiger partial charge in [0.15, 0.2) is 11.5 Å². The van der Waals surface area contributed by atoms with Crippen LogP contribution in [0.1, 0.15) is 54.3 Å². The average Bonchev–Trinajstić information content (AvgIpc) is 2.97. The molecule has 0 radical (unpaired) electrons. The van der Waals surface area contributed by atoms with Crippen LogP contribution >= 0.6 is 11.8 Å². The van der Waals surface area contributed by atoms with Crippen molar-refractivity contribution >= 4 is 35.0 Å². The average molecular weight is 571 g/mol. The molecule has 0 spiro atoms. The first kappa shape index (κ1) is 31.6. The van der Waals surface area contributed by atoms with Gasteiger partial charge in [0.25, 0.3) is 0 Å². The van der Waals surface area contributed by atoms with Gasteiger partial charge < -0.3 is 19.0 Å². The second-order valence-corrected chi connectivity index (χ2v) is 11.0. The third-order valence-electron chi connectivity index (χ3n) is 6.49. The zero-order chi connectivity index (χ0) is 29.0. The van der Waals surface area contributed by atoms with Crippen molar-refractivity contribution in [2.24, 2.45) is 5.16 Å². The Morgan fingerprint density at radius 2 is 1.55 bits per heavy atom. The summed E-state index contributed by atoms with van der Waals surface area (Å²) in [5.74, 6) is -1.01. The number of carbonyl (C=O) groups is 3. The largest absolute Gasteiger partial charge is 0.379 e. The van der Waals surface area contributed by atoms with E-state index < -0.39 is 11.5 Å². The highest BCUT2D eigenvalue weighted by Gasteiger charge is 2.35. The summed E-state index contributed by atoms with van der Waals surface area (Å²) in [4.78, 5) is 46.8. The molecule has 1 saturated heterocycles. The molecule has 3 rings (SSSR count). The van der Waals surface area contributed by atoms with Crippen molar-refractivity contribution in [3.8, 4) is 0 Å². The molecule has 40 heavy (non-hydrogen) atoms. The quantitative estimate of drug-likeness (QED) is 0.0993. The summed E-state index contributed by atoms with van der Waals surface area (Å²) in [5, 5.41) is 3.75. The molecular weight excluding hydrogens is 532 g/mol. The summed E-state index contributed by atoms with van der Waals surface area (Å²) < 4.78 is 15.7. The Balaban J connectivity index is 1.64. The molecule has 0 N–H and O–H groups in total. The van der Waals surface area contributed by atoms with Crippen molar-refractivity contribution < 1.29 is 33.4 Å². The first-order valence-electron chi connectivity index (χ1n) is 13.4. The van der Waals surface area contributed by atoms with Gasteiger partial charge in [-0.2, -0.15) is 0 Å². The molecule has 10 heteroatoms. The zero-order valence-electron chi connectivity index (χ0n) is 23.6. The smallest absolute Gasteiger partial charge is 0.360 e. The Kier molecular flexibility index (Phi) is 12.5. The molecule has 1 aliphatic rings. The Bertz CT molecular complexity index is 1160. The highest BCUT2D eigenvalue weighted by molar-refractivity contribution is 7.99. The number of carbonyl (C=O) groups excluding carboxylic acids is 3. The number of Topliss-reactive ketones (excluding diaryl/α,β-unsaturated/α-hetero) is 2. The molecule has 216 valence electrons. The number of methoxy groups -OCH3 is 1. The van der Waals surface area contributed by atoms with E-state index in [2.05, 4.69) is 10.1 Å². The summed E-state index contributed by atoms with van der Waals surface area (Å²) in [7, 11) is 1.37. The summed E-state index contributed by atoms with van der Waals surface area (Å²) >= 11 is 1.52. The maximum atomic E-state index is 13.2. The fourth-order valence-corrected chi connectivity index (χ4v) is 4.89. The molecule has 2 aromatic rings. The van der Waals surface area contributed by atoms with E-state index >= 15 is 0 Å². The number of hydrogen-bond donors (Lipinski definition) is 0. The maximum absolute atomic E-state index is 13.2. The predicted octanol–water partition coefficient (Wildman–Crippen LogP) is 4.68. The third-order valence-corrected chi connectivity index (χ3v) is 7.50. The lowest BCUT2D eigenvalue weighted by atomic mass is 9.91. The topological polar surface area (TPSA) is 104 Å². The fraction of sp³-hybridized carbons (Fsp3) is 0.467. The van der Waals surface area contributed by atoms with Crippen LogP contribution in [0.2, 0.25) is 0 Å². The monoisotopic (exact) mass is 570 g/mol. The van der Waals surface area contributed by atoms with Crippen LogP contribution in [0.5, 0.6) is 0 Å². The number of ether oxygens (including phenoxy) is 3. The van der Waals surface area contributed by atoms with E-state index in [1.165, 1.54) is 18.9 Å². The van der Waals surface area contributed by atoms with Crippen molar-refractivity contribution in [1.29, 1.82) is 0 Å². The van der Waals surface area contributed by atoms with Gasteiger partial charge in [-0.1, -0.05) is 42.4 Å². The molecule has 0 saturated carbocycles. The summed E-state index contributed by atoms with van der Waals surface area (Å²) in [6, 6.07) is 14.7. The van der Waals surface area contributed by atoms with Crippen molar-refractivity contribution in [2.75, 3.05) is 53.2 Å². The van der Waals surface area contributed by atoms with E-state index in [-0.39, 0.29) is 30.5 Å². The van der Waals surface area contributed by atoms with Crippen molar-refractivity contribution in [3.05, 3.63) is 59.7 Å².